The van der Waals surface area contributed by atoms with Crippen LogP contribution in [0.25, 0.3) is 0 Å². The molecule has 0 aromatic carbocycles. The van der Waals surface area contributed by atoms with Crippen LogP contribution in [0.4, 0.5) is 0 Å². The Bertz CT molecular complexity index is 1660. The normalized spacial score (nSPS) is 14.2. The van der Waals surface area contributed by atoms with E-state index >= 15 is 0 Å². The van der Waals surface area contributed by atoms with E-state index in [1.54, 1.807) is 0 Å². The smallest absolute Gasteiger partial charge is 0.462 e. The van der Waals surface area contributed by atoms with Crippen molar-refractivity contribution in [2.24, 2.45) is 0 Å². The van der Waals surface area contributed by atoms with Crippen LogP contribution in [0.3, 0.4) is 0 Å². The number of hydrogen-bond acceptors (Lipinski definition) is 10. The summed E-state index contributed by atoms with van der Waals surface area (Å²) in [6.45, 7) is 4.30. The van der Waals surface area contributed by atoms with Gasteiger partial charge in [0.15, 0.2) is 6.10 Å². The number of phosphoric acid groups is 1. The molecule has 0 aromatic rings. The van der Waals surface area contributed by atoms with Crippen LogP contribution in [-0.4, -0.2) is 66.5 Å². The average molecular weight is 1060 g/mol. The van der Waals surface area contributed by atoms with Crippen LogP contribution in [0, 0.1) is 0 Å². The van der Waals surface area contributed by atoms with Crippen LogP contribution in [0.1, 0.15) is 226 Å². The Morgan fingerprint density at radius 1 is 0.392 bits per heavy atom. The Hall–Kier alpha value is -3.86. The summed E-state index contributed by atoms with van der Waals surface area (Å²) >= 11 is 0. The van der Waals surface area contributed by atoms with E-state index in [0.717, 1.165) is 116 Å². The van der Waals surface area contributed by atoms with Crippen molar-refractivity contribution in [3.05, 3.63) is 109 Å². The van der Waals surface area contributed by atoms with Gasteiger partial charge in [0.25, 0.3) is 0 Å². The summed E-state index contributed by atoms with van der Waals surface area (Å²) in [7, 11) is -4.77. The fourth-order valence-corrected chi connectivity index (χ4v) is 8.12. The maximum atomic E-state index is 12.9. The molecule has 3 unspecified atom stereocenters. The molecule has 0 aromatic heterocycles. The highest BCUT2D eigenvalue weighted by Crippen LogP contribution is 2.43. The molecule has 0 heterocycles. The lowest BCUT2D eigenvalue weighted by molar-refractivity contribution is -0.161. The Morgan fingerprint density at radius 3 is 1.12 bits per heavy atom. The first-order valence-corrected chi connectivity index (χ1v) is 30.3. The quantitative estimate of drug-likeness (QED) is 0.0197. The molecule has 11 nitrogen and oxygen atoms in total. The number of carbonyl (C=O) groups is 3. The Kier molecular flexibility index (Phi) is 52.5. The molecule has 0 fully saturated rings. The summed E-state index contributed by atoms with van der Waals surface area (Å²) in [5.41, 5.74) is 0. The lowest BCUT2D eigenvalue weighted by Gasteiger charge is -2.21. The van der Waals surface area contributed by atoms with Crippen molar-refractivity contribution < 1.29 is 52.2 Å². The van der Waals surface area contributed by atoms with Crippen molar-refractivity contribution in [1.82, 2.24) is 0 Å². The molecule has 0 amide bonds. The third-order valence-corrected chi connectivity index (χ3v) is 12.6. The third kappa shape index (κ3) is 53.0. The highest BCUT2D eigenvalue weighted by Gasteiger charge is 2.28. The van der Waals surface area contributed by atoms with Crippen LogP contribution in [0.2, 0.25) is 0 Å². The summed E-state index contributed by atoms with van der Waals surface area (Å²) in [4.78, 5) is 48.5. The fourth-order valence-electron chi connectivity index (χ4n) is 7.33. The topological polar surface area (TPSA) is 155 Å². The number of aliphatic hydroxyl groups excluding tert-OH is 1. The molecule has 0 aliphatic rings. The molecule has 0 radical (unpaired) electrons. The largest absolute Gasteiger partial charge is 0.472 e. The number of unbranched alkanes of at least 4 members (excludes halogenated alkanes) is 17. The first-order valence-electron chi connectivity index (χ1n) is 28.8. The van der Waals surface area contributed by atoms with E-state index in [1.165, 1.54) is 51.4 Å². The second-order valence-electron chi connectivity index (χ2n) is 18.7. The molecule has 12 heteroatoms. The summed E-state index contributed by atoms with van der Waals surface area (Å²) in [6.07, 6.45) is 66.3. The van der Waals surface area contributed by atoms with E-state index in [-0.39, 0.29) is 25.9 Å². The van der Waals surface area contributed by atoms with Gasteiger partial charge in [-0.05, 0) is 122 Å². The summed E-state index contributed by atoms with van der Waals surface area (Å²) in [6, 6.07) is 0. The average Bonchev–Trinajstić information content (AvgIpc) is 3.39. The van der Waals surface area contributed by atoms with Gasteiger partial charge in [-0.15, -0.1) is 0 Å². The lowest BCUT2D eigenvalue weighted by Crippen LogP contribution is -2.30. The number of carbonyl (C=O) groups excluding carboxylic acids is 3. The molecule has 0 spiro atoms. The minimum Gasteiger partial charge on any atom is -0.462 e. The van der Waals surface area contributed by atoms with E-state index < -0.39 is 57.8 Å². The van der Waals surface area contributed by atoms with Crippen LogP contribution in [0.15, 0.2) is 109 Å². The maximum absolute atomic E-state index is 12.9. The highest BCUT2D eigenvalue weighted by atomic mass is 31.2. The predicted octanol–water partition coefficient (Wildman–Crippen LogP) is 17.0. The van der Waals surface area contributed by atoms with Crippen molar-refractivity contribution in [2.75, 3.05) is 26.4 Å². The van der Waals surface area contributed by atoms with Gasteiger partial charge in [0.05, 0.1) is 19.8 Å². The van der Waals surface area contributed by atoms with Crippen LogP contribution in [0.5, 0.6) is 0 Å². The second kappa shape index (κ2) is 55.4. The number of rotatable bonds is 52. The number of aliphatic hydroxyl groups is 1. The molecule has 0 aliphatic carbocycles. The van der Waals surface area contributed by atoms with Gasteiger partial charge in [-0.1, -0.05) is 194 Å². The lowest BCUT2D eigenvalue weighted by atomic mass is 10.1. The van der Waals surface area contributed by atoms with Gasteiger partial charge in [0.1, 0.15) is 12.7 Å². The molecule has 74 heavy (non-hydrogen) atoms. The van der Waals surface area contributed by atoms with E-state index in [1.807, 2.05) is 0 Å². The molecule has 0 bridgehead atoms. The molecule has 0 aliphatic heterocycles. The van der Waals surface area contributed by atoms with E-state index in [4.69, 9.17) is 23.3 Å². The molecule has 0 rings (SSSR count). The SMILES string of the molecule is CC/C=C\C/C=C\C/C=C\C/C=C\CCCCC(=O)OCC(COP(=O)(O)OCC(CO)OC(=O)CCCCC/C=C\C/C=C\C/C=C\CC)OC(=O)CCCCCCCCCCC/C=C\C/C=C\CCCCC. The molecule has 0 saturated carbocycles. The van der Waals surface area contributed by atoms with Gasteiger partial charge in [-0.25, -0.2) is 4.57 Å². The number of hydrogen-bond donors (Lipinski definition) is 2. The summed E-state index contributed by atoms with van der Waals surface area (Å²) in [5.74, 6) is -1.56. The molecular weight excluding hydrogens is 952 g/mol. The molecule has 2 N–H and O–H groups in total. The van der Waals surface area contributed by atoms with E-state index in [0.29, 0.717) is 19.3 Å². The standard InChI is InChI=1S/C62H103O11P/c1-4-7-10-13-16-19-22-25-27-28-29-30-32-35-38-41-44-47-50-53-62(66)73-59(55-69-60(64)51-48-45-42-39-36-34-31-26-23-20-17-14-11-8-5-2)57-71-74(67,68)70-56-58(54-63)72-61(65)52-49-46-43-40-37-33-24-21-18-15-12-9-6-3/h8-9,11-12,16-21,25-27,31,33,36-37,39,58-59,63H,4-7,10,13-15,22-24,28-30,32,34-35,38,40-57H2,1-3H3,(H,67,68)/b11-8-,12-9-,19-16-,20-17-,21-18-,27-25-,31-26-,37-33-,39-36-. The van der Waals surface area contributed by atoms with E-state index in [9.17, 15) is 28.9 Å². The van der Waals surface area contributed by atoms with Gasteiger partial charge in [0, 0.05) is 19.3 Å². The van der Waals surface area contributed by atoms with Crippen molar-refractivity contribution >= 4 is 25.7 Å². The monoisotopic (exact) mass is 1050 g/mol. The molecular formula is C62H103O11P. The minimum atomic E-state index is -4.77. The first kappa shape index (κ1) is 70.1. The summed E-state index contributed by atoms with van der Waals surface area (Å²) < 4.78 is 39.4. The van der Waals surface area contributed by atoms with Gasteiger partial charge in [-0.3, -0.25) is 23.4 Å². The van der Waals surface area contributed by atoms with Crippen LogP contribution >= 0.6 is 7.82 Å². The van der Waals surface area contributed by atoms with Crippen molar-refractivity contribution in [2.45, 2.75) is 238 Å². The number of esters is 3. The maximum Gasteiger partial charge on any atom is 0.472 e. The zero-order valence-electron chi connectivity index (χ0n) is 46.5. The third-order valence-electron chi connectivity index (χ3n) is 11.7. The molecule has 422 valence electrons. The second-order valence-corrected chi connectivity index (χ2v) is 20.1. The molecule has 0 saturated heterocycles. The minimum absolute atomic E-state index is 0.134. The Morgan fingerprint density at radius 2 is 0.703 bits per heavy atom. The Labute approximate surface area is 450 Å². The van der Waals surface area contributed by atoms with E-state index in [2.05, 4.69) is 130 Å². The Balaban J connectivity index is 4.82. The number of ether oxygens (including phenoxy) is 3. The van der Waals surface area contributed by atoms with Crippen LogP contribution in [-0.2, 0) is 42.2 Å². The van der Waals surface area contributed by atoms with Gasteiger partial charge in [0.2, 0.25) is 0 Å². The van der Waals surface area contributed by atoms with Gasteiger partial charge in [-0.2, -0.15) is 0 Å². The predicted molar refractivity (Wildman–Crippen MR) is 307 cm³/mol. The van der Waals surface area contributed by atoms with Crippen molar-refractivity contribution in [3.63, 3.8) is 0 Å². The molecule has 3 atom stereocenters. The van der Waals surface area contributed by atoms with Gasteiger partial charge >= 0.3 is 25.7 Å². The van der Waals surface area contributed by atoms with Gasteiger partial charge < -0.3 is 24.2 Å². The zero-order valence-corrected chi connectivity index (χ0v) is 47.4. The van der Waals surface area contributed by atoms with Crippen LogP contribution < -0.4 is 0 Å². The first-order chi connectivity index (χ1) is 36.2. The number of allylic oxidation sites excluding steroid dienone is 18. The number of phosphoric ester groups is 1. The van der Waals surface area contributed by atoms with Crippen molar-refractivity contribution in [1.29, 1.82) is 0 Å². The summed E-state index contributed by atoms with van der Waals surface area (Å²) in [5, 5.41) is 9.80. The van der Waals surface area contributed by atoms with Crippen molar-refractivity contribution in [3.8, 4) is 0 Å². The zero-order chi connectivity index (χ0) is 54.1. The highest BCUT2D eigenvalue weighted by molar-refractivity contribution is 7.47. The fraction of sp³-hybridized carbons (Fsp3) is 0.661.